The summed E-state index contributed by atoms with van der Waals surface area (Å²) in [6.45, 7) is 2.01. The minimum Gasteiger partial charge on any atom is -0.318 e. The molecule has 1 aliphatic rings. The Hall–Kier alpha value is -0.570. The predicted octanol–water partition coefficient (Wildman–Crippen LogP) is 1.75. The fourth-order valence-electron chi connectivity index (χ4n) is 2.00. The zero-order chi connectivity index (χ0) is 9.97. The molecule has 2 rings (SSSR count). The van der Waals surface area contributed by atoms with Crippen molar-refractivity contribution < 1.29 is 0 Å². The van der Waals surface area contributed by atoms with Crippen LogP contribution in [0.15, 0.2) is 18.2 Å². The van der Waals surface area contributed by atoms with Crippen LogP contribution in [0.3, 0.4) is 0 Å². The molecule has 14 heavy (non-hydrogen) atoms. The molecule has 2 nitrogen and oxygen atoms in total. The van der Waals surface area contributed by atoms with Gasteiger partial charge >= 0.3 is 0 Å². The van der Waals surface area contributed by atoms with Gasteiger partial charge in [-0.15, -0.1) is 0 Å². The topological polar surface area (TPSA) is 24.1 Å². The van der Waals surface area contributed by atoms with Crippen molar-refractivity contribution in [3.05, 3.63) is 34.3 Å². The average Bonchev–Trinajstić information content (AvgIpc) is 2.19. The van der Waals surface area contributed by atoms with Crippen LogP contribution in [-0.2, 0) is 6.42 Å². The van der Waals surface area contributed by atoms with Gasteiger partial charge in [-0.1, -0.05) is 17.7 Å². The minimum absolute atomic E-state index is 0.405. The lowest BCUT2D eigenvalue weighted by Crippen LogP contribution is -2.35. The van der Waals surface area contributed by atoms with Gasteiger partial charge in [-0.3, -0.25) is 0 Å². The molecule has 0 bridgehead atoms. The Morgan fingerprint density at radius 1 is 1.57 bits per heavy atom. The van der Waals surface area contributed by atoms with E-state index in [9.17, 15) is 0 Å². The van der Waals surface area contributed by atoms with Crippen molar-refractivity contribution in [2.45, 2.75) is 12.5 Å². The molecule has 0 fully saturated rings. The van der Waals surface area contributed by atoms with Gasteiger partial charge in [0.25, 0.3) is 0 Å². The summed E-state index contributed by atoms with van der Waals surface area (Å²) in [6.07, 6.45) is 1.10. The largest absolute Gasteiger partial charge is 0.318 e. The summed E-state index contributed by atoms with van der Waals surface area (Å²) in [5, 5.41) is 7.50. The number of benzene rings is 1. The molecule has 0 amide bonds. The lowest BCUT2D eigenvalue weighted by molar-refractivity contribution is 0.485. The maximum absolute atomic E-state index is 5.99. The van der Waals surface area contributed by atoms with Crippen LogP contribution in [0.5, 0.6) is 0 Å². The predicted molar refractivity (Wildman–Crippen MR) is 59.8 cm³/mol. The van der Waals surface area contributed by atoms with Gasteiger partial charge in [0.05, 0.1) is 0 Å². The monoisotopic (exact) mass is 210 g/mol. The van der Waals surface area contributed by atoms with Gasteiger partial charge in [-0.25, -0.2) is 0 Å². The van der Waals surface area contributed by atoms with Crippen LogP contribution >= 0.6 is 11.6 Å². The molecule has 76 valence electrons. The van der Waals surface area contributed by atoms with Gasteiger partial charge < -0.3 is 10.6 Å². The highest BCUT2D eigenvalue weighted by Crippen LogP contribution is 2.25. The second-order valence-electron chi connectivity index (χ2n) is 3.66. The standard InChI is InChI=1S/C11H15ClN2/c1-13-7-11-10-6-9(12)3-2-8(10)4-5-14-11/h2-3,6,11,13-14H,4-5,7H2,1H3. The first kappa shape index (κ1) is 9.97. The summed E-state index contributed by atoms with van der Waals surface area (Å²) in [4.78, 5) is 0. The average molecular weight is 211 g/mol. The Morgan fingerprint density at radius 2 is 2.43 bits per heavy atom. The third kappa shape index (κ3) is 1.92. The fraction of sp³-hybridized carbons (Fsp3) is 0.455. The SMILES string of the molecule is CNCC1NCCc2ccc(Cl)cc21. The van der Waals surface area contributed by atoms with Crippen LogP contribution in [0, 0.1) is 0 Å². The Kier molecular flexibility index (Phi) is 3.06. The van der Waals surface area contributed by atoms with Crippen LogP contribution in [0.25, 0.3) is 0 Å². The van der Waals surface area contributed by atoms with E-state index in [1.165, 1.54) is 11.1 Å². The van der Waals surface area contributed by atoms with Gasteiger partial charge in [0, 0.05) is 17.6 Å². The normalized spacial score (nSPS) is 20.6. The zero-order valence-corrected chi connectivity index (χ0v) is 9.06. The fourth-order valence-corrected chi connectivity index (χ4v) is 2.18. The molecule has 1 atom stereocenters. The van der Waals surface area contributed by atoms with E-state index in [0.29, 0.717) is 6.04 Å². The third-order valence-corrected chi connectivity index (χ3v) is 2.91. The molecule has 1 unspecified atom stereocenters. The van der Waals surface area contributed by atoms with Crippen molar-refractivity contribution in [1.29, 1.82) is 0 Å². The van der Waals surface area contributed by atoms with Crippen molar-refractivity contribution >= 4 is 11.6 Å². The number of halogens is 1. The summed E-state index contributed by atoms with van der Waals surface area (Å²) < 4.78 is 0. The Bertz CT molecular complexity index is 325. The van der Waals surface area contributed by atoms with Gasteiger partial charge in [0.15, 0.2) is 0 Å². The molecule has 0 saturated heterocycles. The van der Waals surface area contributed by atoms with E-state index in [1.807, 2.05) is 13.1 Å². The van der Waals surface area contributed by atoms with Crippen molar-refractivity contribution in [3.63, 3.8) is 0 Å². The molecule has 0 radical (unpaired) electrons. The Balaban J connectivity index is 2.32. The third-order valence-electron chi connectivity index (χ3n) is 2.68. The summed E-state index contributed by atoms with van der Waals surface area (Å²) in [7, 11) is 1.97. The summed E-state index contributed by atoms with van der Waals surface area (Å²) in [6, 6.07) is 6.59. The van der Waals surface area contributed by atoms with Crippen molar-refractivity contribution in [3.8, 4) is 0 Å². The molecule has 2 N–H and O–H groups in total. The van der Waals surface area contributed by atoms with E-state index < -0.39 is 0 Å². The number of hydrogen-bond donors (Lipinski definition) is 2. The van der Waals surface area contributed by atoms with Crippen LogP contribution in [0.1, 0.15) is 17.2 Å². The highest BCUT2D eigenvalue weighted by Gasteiger charge is 2.18. The molecule has 3 heteroatoms. The Labute approximate surface area is 89.7 Å². The summed E-state index contributed by atoms with van der Waals surface area (Å²) in [5.41, 5.74) is 2.77. The molecular weight excluding hydrogens is 196 g/mol. The number of rotatable bonds is 2. The maximum Gasteiger partial charge on any atom is 0.0450 e. The van der Waals surface area contributed by atoms with Crippen LogP contribution in [0.4, 0.5) is 0 Å². The number of fused-ring (bicyclic) bond motifs is 1. The molecule has 1 aromatic rings. The van der Waals surface area contributed by atoms with Gasteiger partial charge in [0.2, 0.25) is 0 Å². The number of nitrogens with one attached hydrogen (secondary N) is 2. The van der Waals surface area contributed by atoms with Crippen molar-refractivity contribution in [2.24, 2.45) is 0 Å². The maximum atomic E-state index is 5.99. The van der Waals surface area contributed by atoms with E-state index in [4.69, 9.17) is 11.6 Å². The van der Waals surface area contributed by atoms with Gasteiger partial charge in [0.1, 0.15) is 0 Å². The van der Waals surface area contributed by atoms with Gasteiger partial charge in [-0.2, -0.15) is 0 Å². The smallest absolute Gasteiger partial charge is 0.0450 e. The van der Waals surface area contributed by atoms with E-state index >= 15 is 0 Å². The minimum atomic E-state index is 0.405. The van der Waals surface area contributed by atoms with E-state index in [-0.39, 0.29) is 0 Å². The summed E-state index contributed by atoms with van der Waals surface area (Å²) in [5.74, 6) is 0. The van der Waals surface area contributed by atoms with Crippen LogP contribution in [-0.4, -0.2) is 20.1 Å². The quantitative estimate of drug-likeness (QED) is 0.777. The molecular formula is C11H15ClN2. The molecule has 1 heterocycles. The van der Waals surface area contributed by atoms with E-state index in [1.54, 1.807) is 0 Å². The molecule has 0 aliphatic carbocycles. The first-order valence-electron chi connectivity index (χ1n) is 4.97. The molecule has 0 aromatic heterocycles. The number of likely N-dealkylation sites (N-methyl/N-ethyl adjacent to an activating group) is 1. The Morgan fingerprint density at radius 3 is 3.21 bits per heavy atom. The van der Waals surface area contributed by atoms with Gasteiger partial charge in [-0.05, 0) is 43.3 Å². The van der Waals surface area contributed by atoms with Crippen LogP contribution < -0.4 is 10.6 Å². The first-order valence-corrected chi connectivity index (χ1v) is 5.35. The molecule has 0 spiro atoms. The zero-order valence-electron chi connectivity index (χ0n) is 8.31. The lowest BCUT2D eigenvalue weighted by atomic mass is 9.94. The molecule has 0 saturated carbocycles. The van der Waals surface area contributed by atoms with Crippen LogP contribution in [0.2, 0.25) is 5.02 Å². The highest BCUT2D eigenvalue weighted by molar-refractivity contribution is 6.30. The first-order chi connectivity index (χ1) is 6.81. The number of hydrogen-bond acceptors (Lipinski definition) is 2. The second kappa shape index (κ2) is 4.30. The lowest BCUT2D eigenvalue weighted by Gasteiger charge is -2.26. The molecule has 1 aliphatic heterocycles. The molecule has 1 aromatic carbocycles. The summed E-state index contributed by atoms with van der Waals surface area (Å²) >= 11 is 5.99. The van der Waals surface area contributed by atoms with Crippen molar-refractivity contribution in [1.82, 2.24) is 10.6 Å². The highest BCUT2D eigenvalue weighted by atomic mass is 35.5. The second-order valence-corrected chi connectivity index (χ2v) is 4.09. The van der Waals surface area contributed by atoms with E-state index in [2.05, 4.69) is 22.8 Å². The van der Waals surface area contributed by atoms with E-state index in [0.717, 1.165) is 24.5 Å². The van der Waals surface area contributed by atoms with Crippen molar-refractivity contribution in [2.75, 3.05) is 20.1 Å².